The number of hydrogen-bond acceptors (Lipinski definition) is 3. The summed E-state index contributed by atoms with van der Waals surface area (Å²) in [6, 6.07) is 5.59. The maximum Gasteiger partial charge on any atom is 0.226 e. The molecular formula is C15H21NO3S. The second-order valence-electron chi connectivity index (χ2n) is 5.39. The van der Waals surface area contributed by atoms with Crippen LogP contribution in [0.1, 0.15) is 30.9 Å². The Balaban J connectivity index is 2.44. The highest BCUT2D eigenvalue weighted by atomic mass is 32.2. The first-order valence-electron chi connectivity index (χ1n) is 6.94. The number of amides is 1. The summed E-state index contributed by atoms with van der Waals surface area (Å²) in [6.07, 6.45) is 0.908. The Kier molecular flexibility index (Phi) is 4.18. The first-order valence-corrected chi connectivity index (χ1v) is 8.76. The Bertz CT molecular complexity index is 622. The van der Waals surface area contributed by atoms with E-state index in [9.17, 15) is 13.2 Å². The third kappa shape index (κ3) is 2.87. The van der Waals surface area contributed by atoms with Crippen molar-refractivity contribution in [3.05, 3.63) is 29.3 Å². The molecule has 0 radical (unpaired) electrons. The quantitative estimate of drug-likeness (QED) is 0.859. The van der Waals surface area contributed by atoms with E-state index in [0.29, 0.717) is 12.8 Å². The molecule has 0 saturated carbocycles. The van der Waals surface area contributed by atoms with E-state index in [2.05, 4.69) is 0 Å². The highest BCUT2D eigenvalue weighted by molar-refractivity contribution is 7.91. The van der Waals surface area contributed by atoms with Crippen LogP contribution in [0.25, 0.3) is 0 Å². The fraction of sp³-hybridized carbons (Fsp3) is 0.533. The Labute approximate surface area is 120 Å². The van der Waals surface area contributed by atoms with Gasteiger partial charge >= 0.3 is 0 Å². The highest BCUT2D eigenvalue weighted by Gasteiger charge is 2.35. The van der Waals surface area contributed by atoms with Gasteiger partial charge in [0.15, 0.2) is 9.84 Å². The predicted molar refractivity (Wildman–Crippen MR) is 80.8 cm³/mol. The summed E-state index contributed by atoms with van der Waals surface area (Å²) in [5.74, 6) is 0.239. The molecule has 0 bridgehead atoms. The van der Waals surface area contributed by atoms with Crippen molar-refractivity contribution in [3.8, 4) is 0 Å². The van der Waals surface area contributed by atoms with Gasteiger partial charge in [-0.25, -0.2) is 8.42 Å². The Morgan fingerprint density at radius 1 is 1.35 bits per heavy atom. The molecule has 20 heavy (non-hydrogen) atoms. The smallest absolute Gasteiger partial charge is 0.226 e. The molecule has 1 aliphatic rings. The lowest BCUT2D eigenvalue weighted by Gasteiger charge is -2.30. The molecule has 1 unspecified atom stereocenters. The summed E-state index contributed by atoms with van der Waals surface area (Å²) in [7, 11) is -3.01. The van der Waals surface area contributed by atoms with Crippen molar-refractivity contribution in [3.63, 3.8) is 0 Å². The first-order chi connectivity index (χ1) is 9.35. The third-order valence-corrected chi connectivity index (χ3v) is 5.73. The van der Waals surface area contributed by atoms with Crippen molar-refractivity contribution < 1.29 is 13.2 Å². The van der Waals surface area contributed by atoms with Crippen LogP contribution in [0, 0.1) is 13.8 Å². The van der Waals surface area contributed by atoms with Crippen molar-refractivity contribution >= 4 is 21.4 Å². The second kappa shape index (κ2) is 5.56. The summed E-state index contributed by atoms with van der Waals surface area (Å²) in [4.78, 5) is 14.0. The van der Waals surface area contributed by atoms with Gasteiger partial charge in [0.05, 0.1) is 17.5 Å². The minimum absolute atomic E-state index is 0.0131. The number of carbonyl (C=O) groups is 1. The van der Waals surface area contributed by atoms with Gasteiger partial charge in [-0.1, -0.05) is 19.1 Å². The van der Waals surface area contributed by atoms with Crippen LogP contribution in [0.5, 0.6) is 0 Å². The molecule has 4 nitrogen and oxygen atoms in total. The number of carbonyl (C=O) groups excluding carboxylic acids is 1. The fourth-order valence-electron chi connectivity index (χ4n) is 2.68. The summed E-state index contributed by atoms with van der Waals surface area (Å²) in [6.45, 7) is 5.78. The second-order valence-corrected chi connectivity index (χ2v) is 7.62. The molecule has 1 aliphatic heterocycles. The van der Waals surface area contributed by atoms with Gasteiger partial charge in [-0.15, -0.1) is 0 Å². The molecule has 0 aromatic heterocycles. The van der Waals surface area contributed by atoms with Crippen molar-refractivity contribution in [2.24, 2.45) is 0 Å². The van der Waals surface area contributed by atoms with E-state index in [1.54, 1.807) is 4.90 Å². The van der Waals surface area contributed by atoms with Gasteiger partial charge in [-0.05, 0) is 37.5 Å². The number of rotatable bonds is 3. The van der Waals surface area contributed by atoms with Crippen LogP contribution in [0.3, 0.4) is 0 Å². The Morgan fingerprint density at radius 2 is 2.05 bits per heavy atom. The van der Waals surface area contributed by atoms with Crippen LogP contribution in [0.2, 0.25) is 0 Å². The van der Waals surface area contributed by atoms with Crippen LogP contribution in [-0.2, 0) is 14.6 Å². The zero-order valence-electron chi connectivity index (χ0n) is 12.2. The highest BCUT2D eigenvalue weighted by Crippen LogP contribution is 2.29. The lowest BCUT2D eigenvalue weighted by atomic mass is 10.0. The van der Waals surface area contributed by atoms with E-state index >= 15 is 0 Å². The lowest BCUT2D eigenvalue weighted by molar-refractivity contribution is -0.118. The monoisotopic (exact) mass is 295 g/mol. The van der Waals surface area contributed by atoms with Crippen LogP contribution >= 0.6 is 0 Å². The summed E-state index contributed by atoms with van der Waals surface area (Å²) >= 11 is 0. The molecule has 0 spiro atoms. The molecule has 1 aromatic rings. The van der Waals surface area contributed by atoms with Gasteiger partial charge in [-0.3, -0.25) is 4.79 Å². The van der Waals surface area contributed by atoms with E-state index in [0.717, 1.165) is 16.8 Å². The number of aryl methyl sites for hydroxylation is 1. The number of nitrogens with zero attached hydrogens (tertiary/aromatic N) is 1. The van der Waals surface area contributed by atoms with Crippen LogP contribution in [0.15, 0.2) is 18.2 Å². The molecule has 2 rings (SSSR count). The predicted octanol–water partition coefficient (Wildman–Crippen LogP) is 2.23. The van der Waals surface area contributed by atoms with Crippen molar-refractivity contribution in [2.75, 3.05) is 16.4 Å². The summed E-state index contributed by atoms with van der Waals surface area (Å²) < 4.78 is 23.4. The molecule has 110 valence electrons. The van der Waals surface area contributed by atoms with Crippen LogP contribution in [0.4, 0.5) is 5.69 Å². The van der Waals surface area contributed by atoms with Gasteiger partial charge in [0, 0.05) is 12.1 Å². The first kappa shape index (κ1) is 15.0. The summed E-state index contributed by atoms with van der Waals surface area (Å²) in [5, 5.41) is 0. The van der Waals surface area contributed by atoms with Crippen LogP contribution < -0.4 is 4.90 Å². The van der Waals surface area contributed by atoms with Crippen molar-refractivity contribution in [2.45, 2.75) is 39.7 Å². The Hall–Kier alpha value is -1.36. The van der Waals surface area contributed by atoms with Crippen molar-refractivity contribution in [1.82, 2.24) is 0 Å². The molecule has 1 fully saturated rings. The van der Waals surface area contributed by atoms with Gasteiger partial charge in [-0.2, -0.15) is 0 Å². The van der Waals surface area contributed by atoms with E-state index in [-0.39, 0.29) is 23.5 Å². The van der Waals surface area contributed by atoms with Gasteiger partial charge in [0.25, 0.3) is 0 Å². The van der Waals surface area contributed by atoms with E-state index in [4.69, 9.17) is 0 Å². The molecule has 1 saturated heterocycles. The van der Waals surface area contributed by atoms with Crippen LogP contribution in [-0.4, -0.2) is 31.9 Å². The molecule has 1 amide bonds. The molecular weight excluding hydrogens is 274 g/mol. The standard InChI is InChI=1S/C15H21NO3S/c1-4-15(17)16(13-8-9-20(18,19)10-13)14-7-5-6-11(2)12(14)3/h5-7,13H,4,8-10H2,1-3H3. The SMILES string of the molecule is CCC(=O)N(c1cccc(C)c1C)C1CCS(=O)(=O)C1. The molecule has 1 heterocycles. The Morgan fingerprint density at radius 3 is 2.60 bits per heavy atom. The maximum atomic E-state index is 12.3. The van der Waals surface area contributed by atoms with E-state index < -0.39 is 9.84 Å². The van der Waals surface area contributed by atoms with Gasteiger partial charge in [0.2, 0.25) is 5.91 Å². The zero-order valence-corrected chi connectivity index (χ0v) is 13.0. The van der Waals surface area contributed by atoms with Gasteiger partial charge < -0.3 is 4.90 Å². The topological polar surface area (TPSA) is 54.5 Å². The normalized spacial score (nSPS) is 20.9. The largest absolute Gasteiger partial charge is 0.308 e. The lowest BCUT2D eigenvalue weighted by Crippen LogP contribution is -2.41. The molecule has 0 N–H and O–H groups in total. The number of hydrogen-bond donors (Lipinski definition) is 0. The maximum absolute atomic E-state index is 12.3. The number of anilines is 1. The molecule has 1 aromatic carbocycles. The zero-order chi connectivity index (χ0) is 14.9. The molecule has 0 aliphatic carbocycles. The molecule has 5 heteroatoms. The number of sulfone groups is 1. The van der Waals surface area contributed by atoms with E-state index in [1.165, 1.54) is 0 Å². The van der Waals surface area contributed by atoms with E-state index in [1.807, 2.05) is 39.0 Å². The van der Waals surface area contributed by atoms with Crippen molar-refractivity contribution in [1.29, 1.82) is 0 Å². The third-order valence-electron chi connectivity index (χ3n) is 3.98. The minimum Gasteiger partial charge on any atom is -0.308 e. The fourth-order valence-corrected chi connectivity index (χ4v) is 4.38. The average Bonchev–Trinajstić information content (AvgIpc) is 2.74. The number of benzene rings is 1. The minimum atomic E-state index is -3.01. The average molecular weight is 295 g/mol. The molecule has 1 atom stereocenters. The van der Waals surface area contributed by atoms with Gasteiger partial charge in [0.1, 0.15) is 0 Å². The summed E-state index contributed by atoms with van der Waals surface area (Å²) in [5.41, 5.74) is 3.00.